The summed E-state index contributed by atoms with van der Waals surface area (Å²) in [5.74, 6) is -0.445. The van der Waals surface area contributed by atoms with E-state index < -0.39 is 5.91 Å². The molecule has 0 fully saturated rings. The third-order valence-electron chi connectivity index (χ3n) is 3.67. The van der Waals surface area contributed by atoms with E-state index in [0.29, 0.717) is 4.67 Å². The molecule has 2 aromatic rings. The highest BCUT2D eigenvalue weighted by Gasteiger charge is 2.23. The van der Waals surface area contributed by atoms with E-state index in [-0.39, 0.29) is 24.3 Å². The molecule has 1 atom stereocenters. The van der Waals surface area contributed by atoms with Crippen LogP contribution in [0.15, 0.2) is 45.5 Å². The highest BCUT2D eigenvalue weighted by atomic mass is 79.9. The monoisotopic (exact) mass is 362 g/mol. The first-order valence-electron chi connectivity index (χ1n) is 7.04. The molecule has 22 heavy (non-hydrogen) atoms. The second kappa shape index (κ2) is 6.36. The van der Waals surface area contributed by atoms with Crippen molar-refractivity contribution in [2.75, 3.05) is 6.54 Å². The quantitative estimate of drug-likeness (QED) is 0.877. The van der Waals surface area contributed by atoms with Gasteiger partial charge < -0.3 is 15.1 Å². The van der Waals surface area contributed by atoms with Crippen molar-refractivity contribution in [3.8, 4) is 0 Å². The maximum atomic E-state index is 12.0. The first-order valence-corrected chi connectivity index (χ1v) is 7.83. The molecule has 1 aliphatic carbocycles. The number of hydrogen-bond donors (Lipinski definition) is 2. The number of aryl methyl sites for hydroxylation is 1. The van der Waals surface area contributed by atoms with Crippen LogP contribution in [0.3, 0.4) is 0 Å². The molecular formula is C16H15BrN2O3. The first-order chi connectivity index (χ1) is 10.6. The highest BCUT2D eigenvalue weighted by Crippen LogP contribution is 2.30. The van der Waals surface area contributed by atoms with Crippen LogP contribution in [0.4, 0.5) is 0 Å². The molecule has 114 valence electrons. The SMILES string of the molecule is O=C(CNC(=O)c1ccc(Br)o1)NC1CCc2ccccc21. The second-order valence-electron chi connectivity index (χ2n) is 5.14. The van der Waals surface area contributed by atoms with Gasteiger partial charge in [0.25, 0.3) is 5.91 Å². The molecule has 0 bridgehead atoms. The van der Waals surface area contributed by atoms with Gasteiger partial charge in [-0.05, 0) is 52.0 Å². The molecule has 2 amide bonds. The number of nitrogens with one attached hydrogen (secondary N) is 2. The van der Waals surface area contributed by atoms with Gasteiger partial charge in [-0.25, -0.2) is 0 Å². The fourth-order valence-corrected chi connectivity index (χ4v) is 2.94. The fourth-order valence-electron chi connectivity index (χ4n) is 2.64. The topological polar surface area (TPSA) is 71.3 Å². The number of amides is 2. The first kappa shape index (κ1) is 14.8. The molecule has 1 unspecified atom stereocenters. The Morgan fingerprint density at radius 2 is 2.05 bits per heavy atom. The Balaban J connectivity index is 1.52. The predicted octanol–water partition coefficient (Wildman–Crippen LogP) is 2.58. The number of fused-ring (bicyclic) bond motifs is 1. The van der Waals surface area contributed by atoms with Crippen LogP contribution in [0.1, 0.15) is 34.1 Å². The van der Waals surface area contributed by atoms with Gasteiger partial charge in [0.15, 0.2) is 10.4 Å². The Hall–Kier alpha value is -2.08. The summed E-state index contributed by atoms with van der Waals surface area (Å²) in [5, 5.41) is 5.50. The maximum absolute atomic E-state index is 12.0. The summed E-state index contributed by atoms with van der Waals surface area (Å²) in [6, 6.07) is 11.3. The molecule has 1 aromatic heterocycles. The van der Waals surface area contributed by atoms with E-state index in [9.17, 15) is 9.59 Å². The minimum Gasteiger partial charge on any atom is -0.444 e. The Morgan fingerprint density at radius 3 is 2.82 bits per heavy atom. The molecule has 2 N–H and O–H groups in total. The van der Waals surface area contributed by atoms with E-state index in [2.05, 4.69) is 32.6 Å². The summed E-state index contributed by atoms with van der Waals surface area (Å²) in [4.78, 5) is 23.8. The molecule has 1 heterocycles. The lowest BCUT2D eigenvalue weighted by atomic mass is 10.1. The van der Waals surface area contributed by atoms with Crippen LogP contribution in [0, 0.1) is 0 Å². The molecule has 5 nitrogen and oxygen atoms in total. The number of hydrogen-bond acceptors (Lipinski definition) is 3. The van der Waals surface area contributed by atoms with E-state index >= 15 is 0 Å². The predicted molar refractivity (Wildman–Crippen MR) is 84.4 cm³/mol. The van der Waals surface area contributed by atoms with Crippen LogP contribution in [-0.2, 0) is 11.2 Å². The van der Waals surface area contributed by atoms with Crippen molar-refractivity contribution in [2.45, 2.75) is 18.9 Å². The zero-order valence-electron chi connectivity index (χ0n) is 11.8. The van der Waals surface area contributed by atoms with Crippen LogP contribution >= 0.6 is 15.9 Å². The van der Waals surface area contributed by atoms with Gasteiger partial charge in [0.1, 0.15) is 0 Å². The lowest BCUT2D eigenvalue weighted by Crippen LogP contribution is -2.38. The molecular weight excluding hydrogens is 348 g/mol. The smallest absolute Gasteiger partial charge is 0.287 e. The van der Waals surface area contributed by atoms with Crippen LogP contribution in [0.25, 0.3) is 0 Å². The standard InChI is InChI=1S/C16H15BrN2O3/c17-14-8-7-13(22-14)16(21)18-9-15(20)19-12-6-5-10-3-1-2-4-11(10)12/h1-4,7-8,12H,5-6,9H2,(H,18,21)(H,19,20). The molecule has 0 radical (unpaired) electrons. The average molecular weight is 363 g/mol. The van der Waals surface area contributed by atoms with Crippen molar-refractivity contribution < 1.29 is 14.0 Å². The average Bonchev–Trinajstić information content (AvgIpc) is 3.12. The zero-order valence-corrected chi connectivity index (χ0v) is 13.4. The van der Waals surface area contributed by atoms with Gasteiger partial charge >= 0.3 is 0 Å². The van der Waals surface area contributed by atoms with Crippen molar-refractivity contribution in [1.82, 2.24) is 10.6 Å². The number of furan rings is 1. The largest absolute Gasteiger partial charge is 0.444 e. The normalized spacial score (nSPS) is 16.1. The molecule has 0 aliphatic heterocycles. The minimum atomic E-state index is -0.410. The lowest BCUT2D eigenvalue weighted by molar-refractivity contribution is -0.120. The van der Waals surface area contributed by atoms with Gasteiger partial charge in [0.2, 0.25) is 5.91 Å². The lowest BCUT2D eigenvalue weighted by Gasteiger charge is -2.14. The van der Waals surface area contributed by atoms with Crippen molar-refractivity contribution >= 4 is 27.7 Å². The van der Waals surface area contributed by atoms with Crippen LogP contribution in [-0.4, -0.2) is 18.4 Å². The van der Waals surface area contributed by atoms with E-state index in [1.54, 1.807) is 12.1 Å². The number of carbonyl (C=O) groups excluding carboxylic acids is 2. The van der Waals surface area contributed by atoms with Crippen molar-refractivity contribution in [1.29, 1.82) is 0 Å². The number of halogens is 1. The Labute approximate surface area is 136 Å². The third-order valence-corrected chi connectivity index (χ3v) is 4.10. The second-order valence-corrected chi connectivity index (χ2v) is 5.93. The summed E-state index contributed by atoms with van der Waals surface area (Å²) in [7, 11) is 0. The van der Waals surface area contributed by atoms with Crippen LogP contribution < -0.4 is 10.6 Å². The number of carbonyl (C=O) groups is 2. The van der Waals surface area contributed by atoms with E-state index in [1.165, 1.54) is 5.56 Å². The number of rotatable bonds is 4. The van der Waals surface area contributed by atoms with Crippen molar-refractivity contribution in [2.24, 2.45) is 0 Å². The van der Waals surface area contributed by atoms with Gasteiger partial charge in [-0.15, -0.1) is 0 Å². The molecule has 0 saturated carbocycles. The summed E-state index contributed by atoms with van der Waals surface area (Å²) in [5.41, 5.74) is 2.44. The maximum Gasteiger partial charge on any atom is 0.287 e. The summed E-state index contributed by atoms with van der Waals surface area (Å²) >= 11 is 3.13. The molecule has 3 rings (SSSR count). The van der Waals surface area contributed by atoms with Gasteiger partial charge in [-0.2, -0.15) is 0 Å². The molecule has 0 spiro atoms. The van der Waals surface area contributed by atoms with Crippen LogP contribution in [0.5, 0.6) is 0 Å². The van der Waals surface area contributed by atoms with Gasteiger partial charge in [-0.3, -0.25) is 9.59 Å². The van der Waals surface area contributed by atoms with Crippen molar-refractivity contribution in [3.05, 3.63) is 58.0 Å². The summed E-state index contributed by atoms with van der Waals surface area (Å²) in [6.07, 6.45) is 1.86. The van der Waals surface area contributed by atoms with Gasteiger partial charge in [0, 0.05) is 0 Å². The fraction of sp³-hybridized carbons (Fsp3) is 0.250. The molecule has 1 aliphatic rings. The molecule has 1 aromatic carbocycles. The Morgan fingerprint density at radius 1 is 1.23 bits per heavy atom. The van der Waals surface area contributed by atoms with Gasteiger partial charge in [0.05, 0.1) is 12.6 Å². The number of benzene rings is 1. The minimum absolute atomic E-state index is 0.0263. The zero-order chi connectivity index (χ0) is 15.5. The summed E-state index contributed by atoms with van der Waals surface area (Å²) in [6.45, 7) is -0.0736. The Kier molecular flexibility index (Phi) is 4.29. The third kappa shape index (κ3) is 3.22. The Bertz CT molecular complexity index is 711. The van der Waals surface area contributed by atoms with Crippen LogP contribution in [0.2, 0.25) is 0 Å². The van der Waals surface area contributed by atoms with E-state index in [4.69, 9.17) is 4.42 Å². The highest BCUT2D eigenvalue weighted by molar-refractivity contribution is 9.10. The van der Waals surface area contributed by atoms with Gasteiger partial charge in [-0.1, -0.05) is 24.3 Å². The van der Waals surface area contributed by atoms with E-state index in [1.807, 2.05) is 18.2 Å². The van der Waals surface area contributed by atoms with E-state index in [0.717, 1.165) is 18.4 Å². The molecule has 0 saturated heterocycles. The van der Waals surface area contributed by atoms with Crippen molar-refractivity contribution in [3.63, 3.8) is 0 Å². The summed E-state index contributed by atoms with van der Waals surface area (Å²) < 4.78 is 5.61. The molecule has 6 heteroatoms.